The molecule has 156 valence electrons. The number of piperidine rings is 1. The number of nitrogens with zero attached hydrogens (tertiary/aromatic N) is 1. The molecule has 28 heavy (non-hydrogen) atoms. The first-order valence-corrected chi connectivity index (χ1v) is 11.1. The fourth-order valence-electron chi connectivity index (χ4n) is 3.24. The number of halogens is 1. The van der Waals surface area contributed by atoms with Gasteiger partial charge >= 0.3 is 11.8 Å². The molecule has 1 fully saturated rings. The second-order valence-corrected chi connectivity index (χ2v) is 8.87. The number of carbonyl (C=O) groups excluding carboxylic acids is 2. The van der Waals surface area contributed by atoms with E-state index in [2.05, 4.69) is 10.6 Å². The van der Waals surface area contributed by atoms with Crippen LogP contribution in [0.25, 0.3) is 0 Å². The minimum atomic E-state index is -3.75. The lowest BCUT2D eigenvalue weighted by molar-refractivity contribution is -0.139. The molecule has 1 aromatic rings. The summed E-state index contributed by atoms with van der Waals surface area (Å²) in [6.45, 7) is 4.43. The van der Waals surface area contributed by atoms with Crippen molar-refractivity contribution >= 4 is 21.8 Å². The number of carbonyl (C=O) groups is 2. The predicted molar refractivity (Wildman–Crippen MR) is 104 cm³/mol. The van der Waals surface area contributed by atoms with Crippen molar-refractivity contribution in [2.45, 2.75) is 56.9 Å². The van der Waals surface area contributed by atoms with Gasteiger partial charge in [0, 0.05) is 25.7 Å². The number of hydrogen-bond acceptors (Lipinski definition) is 4. The van der Waals surface area contributed by atoms with Gasteiger partial charge in [-0.3, -0.25) is 9.59 Å². The molecule has 0 unspecified atom stereocenters. The summed E-state index contributed by atoms with van der Waals surface area (Å²) in [5.74, 6) is -1.84. The van der Waals surface area contributed by atoms with Crippen molar-refractivity contribution in [3.05, 3.63) is 29.6 Å². The fraction of sp³-hybridized carbons (Fsp3) is 0.579. The first-order valence-electron chi connectivity index (χ1n) is 9.61. The average Bonchev–Trinajstić information content (AvgIpc) is 2.68. The van der Waals surface area contributed by atoms with Crippen molar-refractivity contribution in [3.63, 3.8) is 0 Å². The van der Waals surface area contributed by atoms with Gasteiger partial charge in [-0.2, -0.15) is 4.31 Å². The van der Waals surface area contributed by atoms with E-state index in [0.717, 1.165) is 25.3 Å². The molecular weight excluding hydrogens is 385 g/mol. The summed E-state index contributed by atoms with van der Waals surface area (Å²) in [4.78, 5) is 23.4. The minimum Gasteiger partial charge on any atom is -0.348 e. The largest absolute Gasteiger partial charge is 0.348 e. The summed E-state index contributed by atoms with van der Waals surface area (Å²) in [7, 11) is -3.75. The number of rotatable bonds is 7. The molecule has 1 heterocycles. The third-order valence-electron chi connectivity index (χ3n) is 4.81. The molecule has 1 aliphatic heterocycles. The average molecular weight is 414 g/mol. The topological polar surface area (TPSA) is 95.6 Å². The van der Waals surface area contributed by atoms with Crippen molar-refractivity contribution in [1.29, 1.82) is 0 Å². The van der Waals surface area contributed by atoms with Gasteiger partial charge in [-0.05, 0) is 56.4 Å². The molecule has 2 amide bonds. The van der Waals surface area contributed by atoms with Crippen LogP contribution in [0.2, 0.25) is 0 Å². The number of sulfonamides is 1. The van der Waals surface area contributed by atoms with E-state index in [-0.39, 0.29) is 23.0 Å². The molecule has 9 heteroatoms. The molecule has 1 saturated heterocycles. The lowest BCUT2D eigenvalue weighted by Gasteiger charge is -2.34. The molecule has 0 aromatic heterocycles. The summed E-state index contributed by atoms with van der Waals surface area (Å²) >= 11 is 0. The Kier molecular flexibility index (Phi) is 7.94. The molecule has 0 spiro atoms. The molecule has 2 rings (SSSR count). The maximum atomic E-state index is 13.5. The van der Waals surface area contributed by atoms with E-state index in [9.17, 15) is 22.4 Å². The van der Waals surface area contributed by atoms with Crippen LogP contribution < -0.4 is 10.6 Å². The Morgan fingerprint density at radius 1 is 1.18 bits per heavy atom. The molecule has 1 aliphatic rings. The van der Waals surface area contributed by atoms with Gasteiger partial charge in [0.25, 0.3) is 0 Å². The van der Waals surface area contributed by atoms with Gasteiger partial charge in [0.15, 0.2) is 0 Å². The van der Waals surface area contributed by atoms with Crippen molar-refractivity contribution < 1.29 is 22.4 Å². The first kappa shape index (κ1) is 22.3. The van der Waals surface area contributed by atoms with Crippen LogP contribution in [0.4, 0.5) is 4.39 Å². The second-order valence-electron chi connectivity index (χ2n) is 6.98. The van der Waals surface area contributed by atoms with Crippen LogP contribution in [0, 0.1) is 12.7 Å². The quantitative estimate of drug-likeness (QED) is 0.665. The highest BCUT2D eigenvalue weighted by molar-refractivity contribution is 7.89. The van der Waals surface area contributed by atoms with Crippen LogP contribution >= 0.6 is 0 Å². The molecular formula is C19H28FN3O4S. The maximum absolute atomic E-state index is 13.5. The molecule has 1 aromatic carbocycles. The number of benzene rings is 1. The smallest absolute Gasteiger partial charge is 0.309 e. The third kappa shape index (κ3) is 5.51. The van der Waals surface area contributed by atoms with E-state index < -0.39 is 27.7 Å². The van der Waals surface area contributed by atoms with Gasteiger partial charge in [-0.1, -0.05) is 13.3 Å². The van der Waals surface area contributed by atoms with Crippen LogP contribution in [0.1, 0.15) is 44.6 Å². The molecule has 7 nitrogen and oxygen atoms in total. The van der Waals surface area contributed by atoms with E-state index in [0.29, 0.717) is 25.9 Å². The summed E-state index contributed by atoms with van der Waals surface area (Å²) in [5, 5.41) is 5.04. The first-order chi connectivity index (χ1) is 13.3. The van der Waals surface area contributed by atoms with E-state index >= 15 is 0 Å². The lowest BCUT2D eigenvalue weighted by Crippen LogP contribution is -2.46. The molecule has 2 N–H and O–H groups in total. The van der Waals surface area contributed by atoms with Crippen molar-refractivity contribution in [3.8, 4) is 0 Å². The Labute approximate surface area is 165 Å². The van der Waals surface area contributed by atoms with Crippen molar-refractivity contribution in [2.24, 2.45) is 0 Å². The minimum absolute atomic E-state index is 0.0706. The molecule has 1 atom stereocenters. The highest BCUT2D eigenvalue weighted by atomic mass is 32.2. The standard InChI is InChI=1S/C19H28FN3O4S/c1-3-10-21-18(24)19(25)22-11-9-15-6-4-5-12-23(15)28(26,27)16-7-8-17(20)14(2)13-16/h7-8,13,15H,3-6,9-12H2,1-2H3,(H,21,24)(H,22,25)/t15-/m1/s1. The van der Waals surface area contributed by atoms with Gasteiger partial charge < -0.3 is 10.6 Å². The molecule has 0 saturated carbocycles. The number of hydrogen-bond donors (Lipinski definition) is 2. The highest BCUT2D eigenvalue weighted by Crippen LogP contribution is 2.27. The summed E-state index contributed by atoms with van der Waals surface area (Å²) < 4.78 is 41.0. The Hall–Kier alpha value is -2.00. The van der Waals surface area contributed by atoms with Gasteiger partial charge in [0.1, 0.15) is 5.82 Å². The SMILES string of the molecule is CCCNC(=O)C(=O)NCC[C@H]1CCCCN1S(=O)(=O)c1ccc(F)c(C)c1. The number of nitrogens with one attached hydrogen (secondary N) is 2. The van der Waals surface area contributed by atoms with E-state index in [4.69, 9.17) is 0 Å². The Morgan fingerprint density at radius 2 is 1.86 bits per heavy atom. The third-order valence-corrected chi connectivity index (χ3v) is 6.76. The Balaban J connectivity index is 2.02. The van der Waals surface area contributed by atoms with Crippen molar-refractivity contribution in [1.82, 2.24) is 14.9 Å². The van der Waals surface area contributed by atoms with Gasteiger partial charge in [-0.15, -0.1) is 0 Å². The van der Waals surface area contributed by atoms with E-state index in [1.807, 2.05) is 6.92 Å². The van der Waals surface area contributed by atoms with Crippen LogP contribution in [0.15, 0.2) is 23.1 Å². The predicted octanol–water partition coefficient (Wildman–Crippen LogP) is 1.71. The van der Waals surface area contributed by atoms with Crippen LogP contribution in [0.3, 0.4) is 0 Å². The fourth-order valence-corrected chi connectivity index (χ4v) is 5.05. The van der Waals surface area contributed by atoms with Gasteiger partial charge in [-0.25, -0.2) is 12.8 Å². The van der Waals surface area contributed by atoms with E-state index in [1.54, 1.807) is 0 Å². The van der Waals surface area contributed by atoms with Crippen LogP contribution in [-0.4, -0.2) is 50.2 Å². The molecule has 0 bridgehead atoms. The number of amides is 2. The number of aryl methyl sites for hydroxylation is 1. The van der Waals surface area contributed by atoms with Gasteiger partial charge in [0.05, 0.1) is 4.90 Å². The van der Waals surface area contributed by atoms with E-state index in [1.165, 1.54) is 23.4 Å². The van der Waals surface area contributed by atoms with Crippen LogP contribution in [0.5, 0.6) is 0 Å². The molecule has 0 radical (unpaired) electrons. The lowest BCUT2D eigenvalue weighted by atomic mass is 10.0. The van der Waals surface area contributed by atoms with Crippen LogP contribution in [-0.2, 0) is 19.6 Å². The zero-order valence-corrected chi connectivity index (χ0v) is 17.1. The van der Waals surface area contributed by atoms with Gasteiger partial charge in [0.2, 0.25) is 10.0 Å². The Morgan fingerprint density at radius 3 is 2.50 bits per heavy atom. The maximum Gasteiger partial charge on any atom is 0.309 e. The summed E-state index contributed by atoms with van der Waals surface area (Å²) in [6, 6.07) is 3.51. The zero-order valence-electron chi connectivity index (χ0n) is 16.3. The van der Waals surface area contributed by atoms with Crippen molar-refractivity contribution in [2.75, 3.05) is 19.6 Å². The summed E-state index contributed by atoms with van der Waals surface area (Å²) in [5.41, 5.74) is 0.278. The monoisotopic (exact) mass is 413 g/mol. The highest BCUT2D eigenvalue weighted by Gasteiger charge is 2.33. The normalized spacial score (nSPS) is 17.9. The molecule has 0 aliphatic carbocycles. The summed E-state index contributed by atoms with van der Waals surface area (Å²) in [6.07, 6.45) is 3.46. The Bertz CT molecular complexity index is 813. The zero-order chi connectivity index (χ0) is 20.7. The second kappa shape index (κ2) is 9.97.